The van der Waals surface area contributed by atoms with Crippen LogP contribution in [0.15, 0.2) is 18.2 Å². The largest absolute Gasteiger partial charge is 0.467 e. The summed E-state index contributed by atoms with van der Waals surface area (Å²) in [6.45, 7) is 3.76. The van der Waals surface area contributed by atoms with Crippen molar-refractivity contribution in [3.05, 3.63) is 28.3 Å². The molecule has 0 spiro atoms. The smallest absolute Gasteiger partial charge is 0.335 e. The van der Waals surface area contributed by atoms with Crippen molar-refractivity contribution < 1.29 is 47.8 Å². The maximum Gasteiger partial charge on any atom is 0.335 e. The Bertz CT molecular complexity index is 985. The lowest BCUT2D eigenvalue weighted by Gasteiger charge is -2.43. The average Bonchev–Trinajstić information content (AvgIpc) is 2.76. The van der Waals surface area contributed by atoms with Gasteiger partial charge in [-0.15, -0.1) is 0 Å². The highest BCUT2D eigenvalue weighted by atomic mass is 35.5. The molecular weight excluding hydrogens is 480 g/mol. The fraction of sp³-hybridized carbons (Fsp3) is 0.500. The van der Waals surface area contributed by atoms with Crippen LogP contribution in [-0.2, 0) is 33.3 Å². The van der Waals surface area contributed by atoms with Crippen LogP contribution in [0.25, 0.3) is 0 Å². The number of nitro groups is 1. The summed E-state index contributed by atoms with van der Waals surface area (Å²) in [6, 6.07) is 3.30. The zero-order chi connectivity index (χ0) is 25.7. The summed E-state index contributed by atoms with van der Waals surface area (Å²) in [7, 11) is 2.37. The van der Waals surface area contributed by atoms with Crippen molar-refractivity contribution in [1.29, 1.82) is 0 Å². The third-order valence-electron chi connectivity index (χ3n) is 4.93. The first-order valence-corrected chi connectivity index (χ1v) is 10.2. The topological polar surface area (TPSA) is 161 Å². The molecule has 1 aromatic carbocycles. The molecule has 0 aromatic heterocycles. The predicted molar refractivity (Wildman–Crippen MR) is 114 cm³/mol. The van der Waals surface area contributed by atoms with E-state index < -0.39 is 58.7 Å². The number of hydrogen-bond donors (Lipinski definition) is 0. The molecule has 1 aliphatic heterocycles. The van der Waals surface area contributed by atoms with Crippen LogP contribution in [0, 0.1) is 16.0 Å². The second-order valence-corrected chi connectivity index (χ2v) is 7.62. The van der Waals surface area contributed by atoms with Crippen LogP contribution in [0.4, 0.5) is 16.2 Å². The first kappa shape index (κ1) is 26.8. The van der Waals surface area contributed by atoms with E-state index in [4.69, 9.17) is 35.3 Å². The number of esters is 3. The van der Waals surface area contributed by atoms with Crippen LogP contribution >= 0.6 is 11.6 Å². The first-order valence-electron chi connectivity index (χ1n) is 9.83. The Morgan fingerprint density at radius 3 is 2.21 bits per heavy atom. The van der Waals surface area contributed by atoms with E-state index >= 15 is 0 Å². The SMILES string of the molecule is COC(=O)[C@H]1O[C@@H](Oc2ccc([N+](=O)[O-])cc2N(C)C(=O)Cl)[C@H](OC(C)=O)[C@@H](OC(C)=O)[C@@H]1C. The van der Waals surface area contributed by atoms with E-state index in [0.717, 1.165) is 38.0 Å². The van der Waals surface area contributed by atoms with Gasteiger partial charge >= 0.3 is 23.3 Å². The third kappa shape index (κ3) is 6.11. The van der Waals surface area contributed by atoms with Gasteiger partial charge in [0, 0.05) is 38.9 Å². The Kier molecular flexibility index (Phi) is 8.76. The molecule has 1 aromatic rings. The number of halogens is 1. The molecule has 0 unspecified atom stereocenters. The lowest BCUT2D eigenvalue weighted by Crippen LogP contribution is -2.60. The predicted octanol–water partition coefficient (Wildman–Crippen LogP) is 2.17. The normalized spacial score (nSPS) is 23.9. The molecule has 5 atom stereocenters. The number of hydrogen-bond acceptors (Lipinski definition) is 11. The number of non-ortho nitro benzene ring substituents is 1. The van der Waals surface area contributed by atoms with E-state index in [1.165, 1.54) is 20.0 Å². The van der Waals surface area contributed by atoms with Crippen molar-refractivity contribution in [1.82, 2.24) is 0 Å². The Morgan fingerprint density at radius 1 is 1.12 bits per heavy atom. The van der Waals surface area contributed by atoms with Gasteiger partial charge in [-0.2, -0.15) is 0 Å². The highest BCUT2D eigenvalue weighted by molar-refractivity contribution is 6.66. The maximum atomic E-state index is 12.3. The quantitative estimate of drug-likeness (QED) is 0.134. The number of benzene rings is 1. The van der Waals surface area contributed by atoms with Gasteiger partial charge in [-0.05, 0) is 17.7 Å². The molecule has 14 heteroatoms. The zero-order valence-corrected chi connectivity index (χ0v) is 19.6. The summed E-state index contributed by atoms with van der Waals surface area (Å²) in [4.78, 5) is 59.0. The number of amides is 1. The number of ether oxygens (including phenoxy) is 5. The standard InChI is InChI=1S/C20H23ClN2O11/c1-9-15(31-10(2)24)17(32-11(3)25)19(34-16(9)18(26)30-5)33-14-7-6-12(23(28)29)8-13(14)22(4)20(21)27/h6-9,15-17,19H,1-5H3/t9-,15-,16-,17+,19+/m0/s1. The van der Waals surface area contributed by atoms with Crippen molar-refractivity contribution in [2.24, 2.45) is 5.92 Å². The Morgan fingerprint density at radius 2 is 1.71 bits per heavy atom. The van der Waals surface area contributed by atoms with Crippen molar-refractivity contribution in [3.63, 3.8) is 0 Å². The van der Waals surface area contributed by atoms with Crippen LogP contribution in [0.3, 0.4) is 0 Å². The zero-order valence-electron chi connectivity index (χ0n) is 18.9. The highest BCUT2D eigenvalue weighted by Crippen LogP contribution is 2.37. The molecule has 1 aliphatic rings. The summed E-state index contributed by atoms with van der Waals surface area (Å²) in [5.41, 5.74) is -0.483. The summed E-state index contributed by atoms with van der Waals surface area (Å²) >= 11 is 5.53. The van der Waals surface area contributed by atoms with Crippen LogP contribution in [-0.4, -0.2) is 67.0 Å². The molecule has 0 N–H and O–H groups in total. The van der Waals surface area contributed by atoms with Gasteiger partial charge < -0.3 is 23.7 Å². The minimum atomic E-state index is -1.55. The number of carbonyl (C=O) groups is 4. The number of methoxy groups -OCH3 is 1. The summed E-state index contributed by atoms with van der Waals surface area (Å²) in [5, 5.41) is 10.2. The minimum Gasteiger partial charge on any atom is -0.467 e. The van der Waals surface area contributed by atoms with Crippen molar-refractivity contribution in [3.8, 4) is 5.75 Å². The second-order valence-electron chi connectivity index (χ2n) is 7.29. The molecule has 1 fully saturated rings. The van der Waals surface area contributed by atoms with E-state index in [2.05, 4.69) is 0 Å². The first-order chi connectivity index (χ1) is 15.9. The monoisotopic (exact) mass is 502 g/mol. The molecule has 1 saturated heterocycles. The van der Waals surface area contributed by atoms with Crippen LogP contribution < -0.4 is 9.64 Å². The fourth-order valence-corrected chi connectivity index (χ4v) is 3.43. The van der Waals surface area contributed by atoms with Gasteiger partial charge in [0.1, 0.15) is 5.75 Å². The molecule has 13 nitrogen and oxygen atoms in total. The molecule has 0 saturated carbocycles. The number of nitrogens with zero attached hydrogens (tertiary/aromatic N) is 2. The van der Waals surface area contributed by atoms with Gasteiger partial charge in [0.25, 0.3) is 5.69 Å². The highest BCUT2D eigenvalue weighted by Gasteiger charge is 2.52. The molecule has 1 amide bonds. The Balaban J connectivity index is 2.57. The van der Waals surface area contributed by atoms with Gasteiger partial charge in [0.05, 0.1) is 17.7 Å². The number of rotatable bonds is 7. The summed E-state index contributed by atoms with van der Waals surface area (Å²) < 4.78 is 26.9. The lowest BCUT2D eigenvalue weighted by atomic mass is 9.90. The molecular formula is C20H23ClN2O11. The van der Waals surface area contributed by atoms with E-state index in [-0.39, 0.29) is 17.1 Å². The van der Waals surface area contributed by atoms with Crippen LogP contribution in [0.5, 0.6) is 5.75 Å². The second kappa shape index (κ2) is 11.1. The molecule has 186 valence electrons. The van der Waals surface area contributed by atoms with Crippen molar-refractivity contribution in [2.75, 3.05) is 19.1 Å². The van der Waals surface area contributed by atoms with E-state index in [9.17, 15) is 29.3 Å². The van der Waals surface area contributed by atoms with Gasteiger partial charge in [-0.25, -0.2) is 4.79 Å². The lowest BCUT2D eigenvalue weighted by molar-refractivity contribution is -0.384. The number of carbonyl (C=O) groups excluding carboxylic acids is 4. The van der Waals surface area contributed by atoms with Crippen LogP contribution in [0.1, 0.15) is 20.8 Å². The summed E-state index contributed by atoms with van der Waals surface area (Å²) in [6.07, 6.45) is -5.37. The van der Waals surface area contributed by atoms with Crippen LogP contribution in [0.2, 0.25) is 0 Å². The van der Waals surface area contributed by atoms with Crippen molar-refractivity contribution >= 4 is 46.2 Å². The maximum absolute atomic E-state index is 12.3. The average molecular weight is 503 g/mol. The van der Waals surface area contributed by atoms with E-state index in [1.807, 2.05) is 0 Å². The van der Waals surface area contributed by atoms with Gasteiger partial charge in [0.15, 0.2) is 12.2 Å². The molecule has 1 heterocycles. The molecule has 0 radical (unpaired) electrons. The molecule has 2 rings (SSSR count). The molecule has 0 bridgehead atoms. The fourth-order valence-electron chi connectivity index (χ4n) is 3.33. The van der Waals surface area contributed by atoms with Gasteiger partial charge in [0.2, 0.25) is 12.4 Å². The Hall–Kier alpha value is -3.45. The molecule has 34 heavy (non-hydrogen) atoms. The minimum absolute atomic E-state index is 0.114. The van der Waals surface area contributed by atoms with Gasteiger partial charge in [-0.3, -0.25) is 29.4 Å². The number of anilines is 1. The number of nitro benzene ring substituents is 1. The van der Waals surface area contributed by atoms with E-state index in [1.54, 1.807) is 0 Å². The van der Waals surface area contributed by atoms with Crippen molar-refractivity contribution in [2.45, 2.75) is 45.4 Å². The molecule has 0 aliphatic carbocycles. The van der Waals surface area contributed by atoms with Gasteiger partial charge in [-0.1, -0.05) is 6.92 Å². The third-order valence-corrected chi connectivity index (χ3v) is 5.18. The van der Waals surface area contributed by atoms with E-state index in [0.29, 0.717) is 0 Å². The Labute approximate surface area is 198 Å². The summed E-state index contributed by atoms with van der Waals surface area (Å²) in [5.74, 6) is -3.24.